The average molecular weight is 165 g/mol. The third kappa shape index (κ3) is 1.67. The molecule has 0 aromatic carbocycles. The first-order chi connectivity index (χ1) is 5.84. The van der Waals surface area contributed by atoms with Crippen molar-refractivity contribution in [1.29, 1.82) is 0 Å². The topological polar surface area (TPSA) is 31.9 Å². The molecule has 1 saturated heterocycles. The van der Waals surface area contributed by atoms with Gasteiger partial charge in [-0.3, -0.25) is 0 Å². The molecule has 0 radical (unpaired) electrons. The van der Waals surface area contributed by atoms with Crippen molar-refractivity contribution in [2.75, 3.05) is 20.1 Å². The number of imidazole rings is 1. The van der Waals surface area contributed by atoms with Crippen LogP contribution in [0, 0.1) is 5.92 Å². The van der Waals surface area contributed by atoms with Crippen molar-refractivity contribution in [2.24, 2.45) is 5.92 Å². The van der Waals surface area contributed by atoms with Crippen LogP contribution in [0.25, 0.3) is 0 Å². The number of nitrogens with one attached hydrogen (secondary N) is 1. The van der Waals surface area contributed by atoms with Crippen molar-refractivity contribution < 1.29 is 0 Å². The number of aromatic amines is 1. The summed E-state index contributed by atoms with van der Waals surface area (Å²) >= 11 is 0. The van der Waals surface area contributed by atoms with Gasteiger partial charge in [-0.2, -0.15) is 0 Å². The second kappa shape index (κ2) is 3.27. The van der Waals surface area contributed by atoms with E-state index in [2.05, 4.69) is 21.9 Å². The van der Waals surface area contributed by atoms with Gasteiger partial charge in [0.1, 0.15) is 0 Å². The van der Waals surface area contributed by atoms with Gasteiger partial charge in [-0.05, 0) is 32.4 Å². The van der Waals surface area contributed by atoms with Crippen molar-refractivity contribution in [3.63, 3.8) is 0 Å². The summed E-state index contributed by atoms with van der Waals surface area (Å²) in [5.41, 5.74) is 1.27. The minimum absolute atomic E-state index is 0.829. The molecular weight excluding hydrogens is 150 g/mol. The largest absolute Gasteiger partial charge is 0.348 e. The maximum atomic E-state index is 4.01. The predicted molar refractivity (Wildman–Crippen MR) is 47.9 cm³/mol. The summed E-state index contributed by atoms with van der Waals surface area (Å²) in [6.07, 6.45) is 6.17. The number of likely N-dealkylation sites (tertiary alicyclic amines) is 1. The molecule has 1 aromatic heterocycles. The van der Waals surface area contributed by atoms with Crippen molar-refractivity contribution >= 4 is 0 Å². The van der Waals surface area contributed by atoms with E-state index in [1.54, 1.807) is 6.33 Å². The first kappa shape index (κ1) is 7.80. The molecule has 2 rings (SSSR count). The minimum Gasteiger partial charge on any atom is -0.348 e. The summed E-state index contributed by atoms with van der Waals surface area (Å²) in [6, 6.07) is 0. The van der Waals surface area contributed by atoms with Crippen LogP contribution < -0.4 is 0 Å². The van der Waals surface area contributed by atoms with E-state index in [0.29, 0.717) is 0 Å². The highest BCUT2D eigenvalue weighted by Gasteiger charge is 2.19. The quantitative estimate of drug-likeness (QED) is 0.706. The fraction of sp³-hybridized carbons (Fsp3) is 0.667. The van der Waals surface area contributed by atoms with Crippen LogP contribution in [-0.2, 0) is 6.42 Å². The third-order valence-electron chi connectivity index (χ3n) is 2.55. The van der Waals surface area contributed by atoms with E-state index in [1.165, 1.54) is 25.2 Å². The van der Waals surface area contributed by atoms with Gasteiger partial charge < -0.3 is 9.88 Å². The highest BCUT2D eigenvalue weighted by Crippen LogP contribution is 2.17. The molecule has 1 aliphatic heterocycles. The minimum atomic E-state index is 0.829. The lowest BCUT2D eigenvalue weighted by atomic mass is 10.0. The number of hydrogen-bond acceptors (Lipinski definition) is 2. The number of rotatable bonds is 2. The molecule has 0 saturated carbocycles. The predicted octanol–water partition coefficient (Wildman–Crippen LogP) is 0.904. The highest BCUT2D eigenvalue weighted by atomic mass is 15.1. The molecule has 0 bridgehead atoms. The molecule has 3 heteroatoms. The normalized spacial score (nSPS) is 24.9. The van der Waals surface area contributed by atoms with Crippen molar-refractivity contribution in [2.45, 2.75) is 12.8 Å². The molecule has 12 heavy (non-hydrogen) atoms. The van der Waals surface area contributed by atoms with E-state index in [-0.39, 0.29) is 0 Å². The van der Waals surface area contributed by atoms with Crippen molar-refractivity contribution in [3.05, 3.63) is 18.2 Å². The molecule has 0 aliphatic carbocycles. The van der Waals surface area contributed by atoms with Gasteiger partial charge in [-0.15, -0.1) is 0 Å². The van der Waals surface area contributed by atoms with Crippen LogP contribution in [0.4, 0.5) is 0 Å². The van der Waals surface area contributed by atoms with E-state index < -0.39 is 0 Å². The Balaban J connectivity index is 1.88. The molecule has 2 heterocycles. The second-order valence-electron chi connectivity index (χ2n) is 3.70. The zero-order valence-electron chi connectivity index (χ0n) is 7.45. The Morgan fingerprint density at radius 1 is 1.75 bits per heavy atom. The molecule has 1 fully saturated rings. The SMILES string of the molecule is CN1CCC(Cc2cnc[nH]2)C1. The van der Waals surface area contributed by atoms with Gasteiger partial charge in [0.05, 0.1) is 6.33 Å². The van der Waals surface area contributed by atoms with Crippen LogP contribution in [-0.4, -0.2) is 35.0 Å². The third-order valence-corrected chi connectivity index (χ3v) is 2.55. The highest BCUT2D eigenvalue weighted by molar-refractivity contribution is 4.97. The first-order valence-electron chi connectivity index (χ1n) is 4.50. The second-order valence-corrected chi connectivity index (χ2v) is 3.70. The summed E-state index contributed by atoms with van der Waals surface area (Å²) in [5.74, 6) is 0.829. The fourth-order valence-corrected chi connectivity index (χ4v) is 1.90. The molecule has 0 spiro atoms. The van der Waals surface area contributed by atoms with Crippen LogP contribution >= 0.6 is 0 Å². The van der Waals surface area contributed by atoms with Crippen LogP contribution in [0.1, 0.15) is 12.1 Å². The molecule has 1 aromatic rings. The van der Waals surface area contributed by atoms with Crippen LogP contribution in [0.15, 0.2) is 12.5 Å². The Morgan fingerprint density at radius 3 is 3.25 bits per heavy atom. The molecule has 66 valence electrons. The summed E-state index contributed by atoms with van der Waals surface area (Å²) in [4.78, 5) is 9.55. The van der Waals surface area contributed by atoms with E-state index in [1.807, 2.05) is 6.20 Å². The maximum absolute atomic E-state index is 4.01. The van der Waals surface area contributed by atoms with Gasteiger partial charge in [0.15, 0.2) is 0 Å². The number of H-pyrrole nitrogens is 1. The van der Waals surface area contributed by atoms with Gasteiger partial charge >= 0.3 is 0 Å². The van der Waals surface area contributed by atoms with Gasteiger partial charge in [0.25, 0.3) is 0 Å². The smallest absolute Gasteiger partial charge is 0.0921 e. The lowest BCUT2D eigenvalue weighted by molar-refractivity contribution is 0.394. The summed E-state index contributed by atoms with van der Waals surface area (Å²) in [7, 11) is 2.19. The van der Waals surface area contributed by atoms with E-state index in [0.717, 1.165) is 12.3 Å². The van der Waals surface area contributed by atoms with Gasteiger partial charge in [0.2, 0.25) is 0 Å². The summed E-state index contributed by atoms with van der Waals surface area (Å²) in [5, 5.41) is 0. The number of nitrogens with zero attached hydrogens (tertiary/aromatic N) is 2. The Kier molecular flexibility index (Phi) is 2.13. The Bertz CT molecular complexity index is 230. The van der Waals surface area contributed by atoms with Gasteiger partial charge in [0, 0.05) is 18.4 Å². The molecular formula is C9H15N3. The molecule has 1 aliphatic rings. The summed E-state index contributed by atoms with van der Waals surface area (Å²) in [6.45, 7) is 2.48. The molecule has 1 unspecified atom stereocenters. The Hall–Kier alpha value is -0.830. The standard InChI is InChI=1S/C9H15N3/c1-12-3-2-8(6-12)4-9-5-10-7-11-9/h5,7-8H,2-4,6H2,1H3,(H,10,11). The maximum Gasteiger partial charge on any atom is 0.0921 e. The van der Waals surface area contributed by atoms with Crippen molar-refractivity contribution in [3.8, 4) is 0 Å². The Morgan fingerprint density at radius 2 is 2.67 bits per heavy atom. The number of aromatic nitrogens is 2. The zero-order chi connectivity index (χ0) is 8.39. The van der Waals surface area contributed by atoms with Gasteiger partial charge in [-0.1, -0.05) is 0 Å². The van der Waals surface area contributed by atoms with Gasteiger partial charge in [-0.25, -0.2) is 4.98 Å². The lowest BCUT2D eigenvalue weighted by Crippen LogP contribution is -2.15. The molecule has 3 nitrogen and oxygen atoms in total. The summed E-state index contributed by atoms with van der Waals surface area (Å²) < 4.78 is 0. The van der Waals surface area contributed by atoms with Crippen LogP contribution in [0.2, 0.25) is 0 Å². The van der Waals surface area contributed by atoms with Crippen LogP contribution in [0.3, 0.4) is 0 Å². The van der Waals surface area contributed by atoms with E-state index in [4.69, 9.17) is 0 Å². The molecule has 1 N–H and O–H groups in total. The zero-order valence-corrected chi connectivity index (χ0v) is 7.45. The monoisotopic (exact) mass is 165 g/mol. The number of hydrogen-bond donors (Lipinski definition) is 1. The molecule has 0 amide bonds. The first-order valence-corrected chi connectivity index (χ1v) is 4.50. The average Bonchev–Trinajstić information content (AvgIpc) is 2.63. The van der Waals surface area contributed by atoms with E-state index >= 15 is 0 Å². The van der Waals surface area contributed by atoms with Crippen LogP contribution in [0.5, 0.6) is 0 Å². The fourth-order valence-electron chi connectivity index (χ4n) is 1.90. The lowest BCUT2D eigenvalue weighted by Gasteiger charge is -2.08. The van der Waals surface area contributed by atoms with Crippen molar-refractivity contribution in [1.82, 2.24) is 14.9 Å². The van der Waals surface area contributed by atoms with E-state index in [9.17, 15) is 0 Å². The molecule has 1 atom stereocenters. The Labute approximate surface area is 72.8 Å².